The molecule has 4 N–H and O–H groups in total. The van der Waals surface area contributed by atoms with Gasteiger partial charge in [0.25, 0.3) is 10.1 Å². The van der Waals surface area contributed by atoms with Crippen molar-refractivity contribution in [3.63, 3.8) is 0 Å². The number of hydrogen-bond donors (Lipinski definition) is 3. The van der Waals surface area contributed by atoms with Crippen LogP contribution in [0.25, 0.3) is 0 Å². The van der Waals surface area contributed by atoms with E-state index in [1.54, 1.807) is 0 Å². The lowest BCUT2D eigenvalue weighted by Crippen LogP contribution is -2.43. The fourth-order valence-electron chi connectivity index (χ4n) is 6.12. The summed E-state index contributed by atoms with van der Waals surface area (Å²) in [5.41, 5.74) is 5.32. The summed E-state index contributed by atoms with van der Waals surface area (Å²) in [4.78, 5) is 37.5. The monoisotopic (exact) mass is 703 g/mol. The molecule has 0 radical (unpaired) electrons. The van der Waals surface area contributed by atoms with Gasteiger partial charge in [-0.1, -0.05) is 168 Å². The smallest absolute Gasteiger partial charge is 0.306 e. The summed E-state index contributed by atoms with van der Waals surface area (Å²) in [5, 5.41) is 0.627. The molecule has 0 aromatic rings. The Hall–Kier alpha value is -1.52. The maximum absolute atomic E-state index is 12.7. The minimum atomic E-state index is -4.65. The average molecular weight is 703 g/mol. The fourth-order valence-corrected chi connectivity index (χ4v) is 6.78. The molecule has 9 nitrogen and oxygen atoms in total. The second-order valence-corrected chi connectivity index (χ2v) is 15.4. The van der Waals surface area contributed by atoms with E-state index in [-0.39, 0.29) is 12.4 Å². The zero-order chi connectivity index (χ0) is 35.7. The molecule has 0 aliphatic heterocycles. The number of rotatable bonds is 36. The highest BCUT2D eigenvalue weighted by molar-refractivity contribution is 7.87. The highest BCUT2D eigenvalue weighted by Crippen LogP contribution is 2.17. The second kappa shape index (κ2) is 32.7. The first kappa shape index (κ1) is 46.5. The predicted octanol–water partition coefficient (Wildman–Crippen LogP) is 9.15. The van der Waals surface area contributed by atoms with Gasteiger partial charge < -0.3 is 15.8 Å². The van der Waals surface area contributed by atoms with Crippen LogP contribution in [0.3, 0.4) is 0 Å². The zero-order valence-corrected chi connectivity index (χ0v) is 31.8. The quantitative estimate of drug-likeness (QED) is 0.0332. The molecule has 0 saturated heterocycles. The van der Waals surface area contributed by atoms with Crippen molar-refractivity contribution < 1.29 is 32.1 Å². The van der Waals surface area contributed by atoms with Crippen molar-refractivity contribution in [1.82, 2.24) is 5.32 Å². The lowest BCUT2D eigenvalue weighted by molar-refractivity contribution is -0.151. The fraction of sp³-hybridized carbons (Fsp3) is 0.921. The molecule has 0 aliphatic carbocycles. The number of hydrogen-bond acceptors (Lipinski definition) is 7. The minimum absolute atomic E-state index is 0.102. The number of nitrogens with one attached hydrogen (secondary N) is 1. The van der Waals surface area contributed by atoms with E-state index in [1.807, 2.05) is 0 Å². The van der Waals surface area contributed by atoms with Gasteiger partial charge in [-0.2, -0.15) is 8.42 Å². The average Bonchev–Trinajstić information content (AvgIpc) is 3.04. The van der Waals surface area contributed by atoms with Crippen LogP contribution in [0.1, 0.15) is 200 Å². The number of ketones is 1. The topological polar surface area (TPSA) is 153 Å². The number of carbonyl (C=O) groups is 3. The van der Waals surface area contributed by atoms with Gasteiger partial charge in [0.05, 0.1) is 13.0 Å². The molecule has 0 bridgehead atoms. The third kappa shape index (κ3) is 29.4. The van der Waals surface area contributed by atoms with Gasteiger partial charge in [-0.3, -0.25) is 18.9 Å². The van der Waals surface area contributed by atoms with Crippen LogP contribution < -0.4 is 11.1 Å². The van der Waals surface area contributed by atoms with E-state index in [1.165, 1.54) is 128 Å². The van der Waals surface area contributed by atoms with E-state index < -0.39 is 46.3 Å². The van der Waals surface area contributed by atoms with E-state index in [4.69, 9.17) is 10.5 Å². The Labute approximate surface area is 294 Å². The van der Waals surface area contributed by atoms with Crippen LogP contribution in [0.15, 0.2) is 0 Å². The number of carbonyl (C=O) groups excluding carboxylic acids is 3. The van der Waals surface area contributed by atoms with E-state index in [2.05, 4.69) is 19.2 Å². The Morgan fingerprint density at radius 2 is 1.00 bits per heavy atom. The first-order valence-electron chi connectivity index (χ1n) is 19.8. The van der Waals surface area contributed by atoms with Crippen LogP contribution in [0.2, 0.25) is 0 Å². The van der Waals surface area contributed by atoms with Gasteiger partial charge >= 0.3 is 5.97 Å². The van der Waals surface area contributed by atoms with Crippen molar-refractivity contribution >= 4 is 27.8 Å². The van der Waals surface area contributed by atoms with Crippen LogP contribution in [-0.4, -0.2) is 55.1 Å². The lowest BCUT2D eigenvalue weighted by Gasteiger charge is -2.18. The number of ether oxygens (including phenoxy) is 1. The summed E-state index contributed by atoms with van der Waals surface area (Å²) in [6, 6.07) is 0. The van der Waals surface area contributed by atoms with Gasteiger partial charge in [-0.15, -0.1) is 0 Å². The van der Waals surface area contributed by atoms with Crippen molar-refractivity contribution in [1.29, 1.82) is 0 Å². The van der Waals surface area contributed by atoms with Crippen LogP contribution in [0.4, 0.5) is 0 Å². The molecule has 0 aromatic heterocycles. The molecular formula is C38H74N2O7S. The molecule has 0 saturated carbocycles. The molecule has 0 aliphatic rings. The summed E-state index contributed by atoms with van der Waals surface area (Å²) in [7, 11) is -4.65. The first-order valence-corrected chi connectivity index (χ1v) is 21.3. The van der Waals surface area contributed by atoms with Gasteiger partial charge in [0.2, 0.25) is 5.91 Å². The molecule has 1 amide bonds. The number of nitrogens with two attached hydrogens (primary N) is 1. The highest BCUT2D eigenvalue weighted by Gasteiger charge is 2.29. The van der Waals surface area contributed by atoms with E-state index in [0.717, 1.165) is 38.5 Å². The summed E-state index contributed by atoms with van der Waals surface area (Å²) in [6.45, 7) is 3.34. The van der Waals surface area contributed by atoms with E-state index >= 15 is 0 Å². The number of amides is 1. The third-order valence-corrected chi connectivity index (χ3v) is 10.4. The number of unbranched alkanes of at least 4 members (excludes halogenated alkanes) is 24. The van der Waals surface area contributed by atoms with Gasteiger partial charge in [0, 0.05) is 13.0 Å². The summed E-state index contributed by atoms with van der Waals surface area (Å²) in [6.07, 6.45) is 32.0. The Morgan fingerprint density at radius 1 is 0.625 bits per heavy atom. The molecule has 284 valence electrons. The SMILES string of the molecule is CCCCCCCCCCCCCCCC(=O)OC(CCCCCCCCCCCCCCC)CC(=O)NCC(=O)C(CN)S(=O)(=O)O. The maximum atomic E-state index is 12.7. The zero-order valence-electron chi connectivity index (χ0n) is 31.0. The maximum Gasteiger partial charge on any atom is 0.306 e. The summed E-state index contributed by atoms with van der Waals surface area (Å²) >= 11 is 0. The molecule has 0 rings (SSSR count). The van der Waals surface area contributed by atoms with Gasteiger partial charge in [0.1, 0.15) is 6.10 Å². The van der Waals surface area contributed by atoms with Gasteiger partial charge in [-0.05, 0) is 19.3 Å². The largest absolute Gasteiger partial charge is 0.462 e. The number of esters is 1. The molecule has 10 heteroatoms. The Balaban J connectivity index is 4.43. The lowest BCUT2D eigenvalue weighted by atomic mass is 10.0. The normalized spacial score (nSPS) is 12.9. The Bertz CT molecular complexity index is 897. The van der Waals surface area contributed by atoms with Crippen molar-refractivity contribution in [3.8, 4) is 0 Å². The molecule has 0 fully saturated rings. The second-order valence-electron chi connectivity index (χ2n) is 13.8. The molecule has 2 unspecified atom stereocenters. The molecule has 2 atom stereocenters. The van der Waals surface area contributed by atoms with Crippen molar-refractivity contribution in [2.24, 2.45) is 5.73 Å². The van der Waals surface area contributed by atoms with Crippen LogP contribution in [-0.2, 0) is 29.2 Å². The van der Waals surface area contributed by atoms with Crippen molar-refractivity contribution in [2.75, 3.05) is 13.1 Å². The van der Waals surface area contributed by atoms with Gasteiger partial charge in [0.15, 0.2) is 11.0 Å². The van der Waals surface area contributed by atoms with Crippen LogP contribution in [0.5, 0.6) is 0 Å². The molecule has 0 spiro atoms. The molecule has 0 heterocycles. The minimum Gasteiger partial charge on any atom is -0.462 e. The van der Waals surface area contributed by atoms with E-state index in [0.29, 0.717) is 12.8 Å². The van der Waals surface area contributed by atoms with Crippen molar-refractivity contribution in [2.45, 2.75) is 211 Å². The molecule has 0 aromatic carbocycles. The molecule has 48 heavy (non-hydrogen) atoms. The summed E-state index contributed by atoms with van der Waals surface area (Å²) < 4.78 is 37.7. The van der Waals surface area contributed by atoms with Crippen LogP contribution >= 0.6 is 0 Å². The standard InChI is InChI=1S/C38H74N2O7S/c1-3-5-7-9-11-13-15-17-19-21-23-25-27-29-34(31-37(42)40-33-35(41)36(32-39)48(44,45)46)47-38(43)30-28-26-24-22-20-18-16-14-12-10-8-6-4-2/h34,36H,3-33,39H2,1-2H3,(H,40,42)(H,44,45,46). The third-order valence-electron chi connectivity index (χ3n) is 9.22. The first-order chi connectivity index (χ1) is 23.1. The Morgan fingerprint density at radius 3 is 1.38 bits per heavy atom. The van der Waals surface area contributed by atoms with Crippen molar-refractivity contribution in [3.05, 3.63) is 0 Å². The van der Waals surface area contributed by atoms with Gasteiger partial charge in [-0.25, -0.2) is 0 Å². The Kier molecular flexibility index (Phi) is 31.6. The summed E-state index contributed by atoms with van der Waals surface area (Å²) in [5.74, 6) is -1.71. The predicted molar refractivity (Wildman–Crippen MR) is 198 cm³/mol. The highest BCUT2D eigenvalue weighted by atomic mass is 32.2. The van der Waals surface area contributed by atoms with E-state index in [9.17, 15) is 27.4 Å². The van der Waals surface area contributed by atoms with Crippen LogP contribution in [0, 0.1) is 0 Å². The number of Topliss-reactive ketones (excluding diaryl/α,β-unsaturated/α-hetero) is 1. The molecular weight excluding hydrogens is 628 g/mol.